The van der Waals surface area contributed by atoms with E-state index in [0.717, 1.165) is 44.5 Å². The van der Waals surface area contributed by atoms with Gasteiger partial charge in [0.2, 0.25) is 11.8 Å². The van der Waals surface area contributed by atoms with Crippen LogP contribution in [0.5, 0.6) is 5.88 Å². The summed E-state index contributed by atoms with van der Waals surface area (Å²) < 4.78 is 5.31. The first-order chi connectivity index (χ1) is 13.2. The molecule has 3 aliphatic rings. The maximum Gasteiger partial charge on any atom is 0.233 e. The lowest BCUT2D eigenvalue weighted by molar-refractivity contribution is -0.149. The predicted octanol–water partition coefficient (Wildman–Crippen LogP) is 2.97. The number of piperidine rings is 3. The highest BCUT2D eigenvalue weighted by atomic mass is 16.5. The molecule has 6 heteroatoms. The van der Waals surface area contributed by atoms with Crippen molar-refractivity contribution < 1.29 is 9.53 Å². The molecule has 0 N–H and O–H groups in total. The third-order valence-corrected chi connectivity index (χ3v) is 6.62. The van der Waals surface area contributed by atoms with Crippen molar-refractivity contribution in [3.63, 3.8) is 0 Å². The Bertz CT molecular complexity index is 759. The summed E-state index contributed by atoms with van der Waals surface area (Å²) >= 11 is 0. The second kappa shape index (κ2) is 7.38. The van der Waals surface area contributed by atoms with Gasteiger partial charge in [0.05, 0.1) is 12.8 Å². The number of nitrogens with zero attached hydrogens (tertiary/aromatic N) is 4. The number of carbonyl (C=O) groups is 1. The van der Waals surface area contributed by atoms with E-state index in [-0.39, 0.29) is 0 Å². The summed E-state index contributed by atoms with van der Waals surface area (Å²) in [5, 5.41) is 9.67. The zero-order chi connectivity index (χ0) is 19.0. The summed E-state index contributed by atoms with van der Waals surface area (Å²) in [5.74, 6) is 1.70. The van der Waals surface area contributed by atoms with Gasteiger partial charge >= 0.3 is 0 Å². The van der Waals surface area contributed by atoms with Gasteiger partial charge in [0.15, 0.2) is 0 Å². The van der Waals surface area contributed by atoms with Crippen molar-refractivity contribution in [3.8, 4) is 11.9 Å². The van der Waals surface area contributed by atoms with Crippen molar-refractivity contribution >= 4 is 11.6 Å². The molecule has 6 nitrogen and oxygen atoms in total. The number of anilines is 1. The number of ether oxygens (including phenoxy) is 1. The van der Waals surface area contributed by atoms with Crippen LogP contribution in [0.2, 0.25) is 0 Å². The average molecular weight is 368 g/mol. The Morgan fingerprint density at radius 2 is 2.19 bits per heavy atom. The largest absolute Gasteiger partial charge is 0.480 e. The molecule has 0 spiro atoms. The Hall–Kier alpha value is -2.29. The standard InChI is InChI=1S/C21H28N4O2/c1-3-5-17-14-10-15(18-6-4-7-20(26)25(17)18)13-24(12-14)19-8-9-23-21(27-2)16(19)11-22/h8-9,14-15,17-18H,3-7,10,12-13H2,1-2H3/t14-,15+,17-,18-/m0/s1. The number of rotatable bonds is 4. The first kappa shape index (κ1) is 18.1. The lowest BCUT2D eigenvalue weighted by atomic mass is 9.71. The molecule has 3 saturated heterocycles. The zero-order valence-corrected chi connectivity index (χ0v) is 16.2. The highest BCUT2D eigenvalue weighted by Crippen LogP contribution is 2.44. The summed E-state index contributed by atoms with van der Waals surface area (Å²) in [7, 11) is 1.56. The van der Waals surface area contributed by atoms with Crippen molar-refractivity contribution in [2.24, 2.45) is 11.8 Å². The van der Waals surface area contributed by atoms with Gasteiger partial charge < -0.3 is 14.5 Å². The van der Waals surface area contributed by atoms with E-state index in [1.54, 1.807) is 13.3 Å². The molecule has 4 atom stereocenters. The molecule has 1 aromatic rings. The van der Waals surface area contributed by atoms with E-state index < -0.39 is 0 Å². The Labute approximate surface area is 161 Å². The summed E-state index contributed by atoms with van der Waals surface area (Å²) in [4.78, 5) is 21.5. The van der Waals surface area contributed by atoms with E-state index in [1.165, 1.54) is 6.42 Å². The average Bonchev–Trinajstić information content (AvgIpc) is 2.70. The van der Waals surface area contributed by atoms with Gasteiger partial charge in [0.25, 0.3) is 0 Å². The van der Waals surface area contributed by atoms with Crippen LogP contribution in [0.25, 0.3) is 0 Å². The molecule has 4 heterocycles. The van der Waals surface area contributed by atoms with E-state index in [2.05, 4.69) is 27.8 Å². The molecule has 0 unspecified atom stereocenters. The third kappa shape index (κ3) is 3.03. The Balaban J connectivity index is 1.68. The fourth-order valence-electron chi connectivity index (χ4n) is 5.60. The molecule has 0 aromatic carbocycles. The van der Waals surface area contributed by atoms with Gasteiger partial charge in [-0.05, 0) is 43.6 Å². The highest BCUT2D eigenvalue weighted by molar-refractivity contribution is 5.78. The van der Waals surface area contributed by atoms with E-state index in [0.29, 0.717) is 47.7 Å². The van der Waals surface area contributed by atoms with E-state index in [1.807, 2.05) is 6.07 Å². The summed E-state index contributed by atoms with van der Waals surface area (Å²) in [6.45, 7) is 3.99. The number of hydrogen-bond acceptors (Lipinski definition) is 5. The topological polar surface area (TPSA) is 69.5 Å². The quantitative estimate of drug-likeness (QED) is 0.817. The molecule has 3 fully saturated rings. The van der Waals surface area contributed by atoms with Crippen LogP contribution in [0.1, 0.15) is 51.0 Å². The summed E-state index contributed by atoms with van der Waals surface area (Å²) in [6.07, 6.45) is 7.90. The molecular formula is C21H28N4O2. The minimum Gasteiger partial charge on any atom is -0.480 e. The lowest BCUT2D eigenvalue weighted by Crippen LogP contribution is -2.65. The number of amides is 1. The van der Waals surface area contributed by atoms with Crippen molar-refractivity contribution in [2.45, 2.75) is 57.5 Å². The first-order valence-corrected chi connectivity index (χ1v) is 10.2. The highest BCUT2D eigenvalue weighted by Gasteiger charge is 2.49. The Kier molecular flexibility index (Phi) is 4.94. The Morgan fingerprint density at radius 1 is 1.37 bits per heavy atom. The van der Waals surface area contributed by atoms with Crippen molar-refractivity contribution in [2.75, 3.05) is 25.1 Å². The number of nitriles is 1. The number of fused-ring (bicyclic) bond motifs is 4. The molecule has 3 aliphatic heterocycles. The zero-order valence-electron chi connectivity index (χ0n) is 16.2. The molecule has 27 heavy (non-hydrogen) atoms. The fourth-order valence-corrected chi connectivity index (χ4v) is 5.60. The molecular weight excluding hydrogens is 340 g/mol. The number of carbonyl (C=O) groups excluding carboxylic acids is 1. The smallest absolute Gasteiger partial charge is 0.233 e. The van der Waals surface area contributed by atoms with Gasteiger partial charge in [-0.25, -0.2) is 4.98 Å². The maximum atomic E-state index is 12.7. The molecule has 144 valence electrons. The van der Waals surface area contributed by atoms with Crippen LogP contribution in [-0.4, -0.2) is 48.1 Å². The van der Waals surface area contributed by atoms with Crippen LogP contribution < -0.4 is 9.64 Å². The molecule has 1 amide bonds. The second-order valence-electron chi connectivity index (χ2n) is 8.10. The van der Waals surface area contributed by atoms with E-state index in [4.69, 9.17) is 4.74 Å². The molecule has 1 aromatic heterocycles. The van der Waals surface area contributed by atoms with Gasteiger partial charge in [0, 0.05) is 37.8 Å². The van der Waals surface area contributed by atoms with E-state index in [9.17, 15) is 10.1 Å². The molecule has 2 bridgehead atoms. The number of hydrogen-bond donors (Lipinski definition) is 0. The van der Waals surface area contributed by atoms with Gasteiger partial charge in [-0.2, -0.15) is 5.26 Å². The number of aromatic nitrogens is 1. The maximum absolute atomic E-state index is 12.7. The van der Waals surface area contributed by atoms with Crippen LogP contribution in [0.15, 0.2) is 12.3 Å². The first-order valence-electron chi connectivity index (χ1n) is 10.2. The van der Waals surface area contributed by atoms with Crippen molar-refractivity contribution in [1.82, 2.24) is 9.88 Å². The summed E-state index contributed by atoms with van der Waals surface area (Å²) in [5.41, 5.74) is 1.44. The Morgan fingerprint density at radius 3 is 2.93 bits per heavy atom. The lowest BCUT2D eigenvalue weighted by Gasteiger charge is -2.57. The van der Waals surface area contributed by atoms with Crippen molar-refractivity contribution in [3.05, 3.63) is 17.8 Å². The van der Waals surface area contributed by atoms with Crippen LogP contribution in [0.4, 0.5) is 5.69 Å². The van der Waals surface area contributed by atoms with Crippen LogP contribution in [0, 0.1) is 23.2 Å². The van der Waals surface area contributed by atoms with Crippen molar-refractivity contribution in [1.29, 1.82) is 5.26 Å². The van der Waals surface area contributed by atoms with Gasteiger partial charge in [-0.3, -0.25) is 4.79 Å². The molecule has 0 saturated carbocycles. The predicted molar refractivity (Wildman–Crippen MR) is 102 cm³/mol. The minimum absolute atomic E-state index is 0.334. The van der Waals surface area contributed by atoms with Gasteiger partial charge in [0.1, 0.15) is 11.6 Å². The fraction of sp³-hybridized carbons (Fsp3) is 0.667. The minimum atomic E-state index is 0.334. The van der Waals surface area contributed by atoms with Crippen LogP contribution in [0.3, 0.4) is 0 Å². The number of methoxy groups -OCH3 is 1. The van der Waals surface area contributed by atoms with Gasteiger partial charge in [-0.1, -0.05) is 13.3 Å². The number of pyridine rings is 1. The van der Waals surface area contributed by atoms with E-state index >= 15 is 0 Å². The van der Waals surface area contributed by atoms with Gasteiger partial charge in [-0.15, -0.1) is 0 Å². The monoisotopic (exact) mass is 368 g/mol. The van der Waals surface area contributed by atoms with Crippen LogP contribution in [-0.2, 0) is 4.79 Å². The second-order valence-corrected chi connectivity index (χ2v) is 8.10. The third-order valence-electron chi connectivity index (χ3n) is 6.62. The SMILES string of the molecule is CCC[C@H]1[C@H]2C[C@H](CN(c3ccnc(OC)c3C#N)C2)[C@@H]2CCCC(=O)N21. The molecule has 0 aliphatic carbocycles. The summed E-state index contributed by atoms with van der Waals surface area (Å²) in [6, 6.07) is 4.91. The molecule has 4 rings (SSSR count). The normalized spacial score (nSPS) is 29.9. The van der Waals surface area contributed by atoms with Crippen LogP contribution >= 0.6 is 0 Å². The molecule has 0 radical (unpaired) electrons.